The van der Waals surface area contributed by atoms with Gasteiger partial charge in [0.15, 0.2) is 16.6 Å². The lowest BCUT2D eigenvalue weighted by atomic mass is 10.4. The van der Waals surface area contributed by atoms with E-state index >= 15 is 0 Å². The zero-order valence-electron chi connectivity index (χ0n) is 9.30. The van der Waals surface area contributed by atoms with Crippen LogP contribution in [0.5, 0.6) is 0 Å². The Bertz CT molecular complexity index is 541. The quantitative estimate of drug-likeness (QED) is 0.836. The molecule has 0 spiro atoms. The van der Waals surface area contributed by atoms with Gasteiger partial charge in [-0.3, -0.25) is 4.98 Å². The van der Waals surface area contributed by atoms with E-state index in [0.717, 1.165) is 5.69 Å². The van der Waals surface area contributed by atoms with Gasteiger partial charge in [0.25, 0.3) is 0 Å². The van der Waals surface area contributed by atoms with Crippen LogP contribution in [0.2, 0.25) is 0 Å². The Balaban J connectivity index is 2.19. The van der Waals surface area contributed by atoms with Crippen LogP contribution in [0.25, 0.3) is 0 Å². The highest BCUT2D eigenvalue weighted by Gasteiger charge is 2.09. The van der Waals surface area contributed by atoms with Crippen molar-refractivity contribution in [3.05, 3.63) is 29.2 Å². The third-order valence-corrected chi connectivity index (χ3v) is 2.76. The van der Waals surface area contributed by atoms with Gasteiger partial charge < -0.3 is 10.1 Å². The average molecular weight is 250 g/mol. The Morgan fingerprint density at radius 2 is 2.24 bits per heavy atom. The highest BCUT2D eigenvalue weighted by Crippen LogP contribution is 2.18. The third kappa shape index (κ3) is 2.76. The predicted molar refractivity (Wildman–Crippen MR) is 63.5 cm³/mol. The molecule has 0 radical (unpaired) electrons. The van der Waals surface area contributed by atoms with Gasteiger partial charge in [-0.15, -0.1) is 11.3 Å². The Hall–Kier alpha value is -2.02. The molecule has 0 saturated carbocycles. The largest absolute Gasteiger partial charge is 0.464 e. The van der Waals surface area contributed by atoms with E-state index in [1.165, 1.54) is 30.8 Å². The summed E-state index contributed by atoms with van der Waals surface area (Å²) in [6.07, 6.45) is 2.87. The number of nitrogens with zero attached hydrogens (tertiary/aromatic N) is 3. The van der Waals surface area contributed by atoms with Crippen molar-refractivity contribution in [2.75, 3.05) is 12.4 Å². The fourth-order valence-corrected chi connectivity index (χ4v) is 1.85. The maximum Gasteiger partial charge on any atom is 0.358 e. The summed E-state index contributed by atoms with van der Waals surface area (Å²) in [5, 5.41) is 5.59. The molecular formula is C10H10N4O2S. The molecule has 1 N–H and O–H groups in total. The number of esters is 1. The molecule has 0 aliphatic carbocycles. The van der Waals surface area contributed by atoms with Gasteiger partial charge in [0.1, 0.15) is 0 Å². The molecule has 0 aliphatic heterocycles. The number of hydrogen-bond donors (Lipinski definition) is 1. The molecule has 6 nitrogen and oxygen atoms in total. The van der Waals surface area contributed by atoms with Crippen LogP contribution in [-0.4, -0.2) is 28.0 Å². The summed E-state index contributed by atoms with van der Waals surface area (Å²) in [5.74, 6) is -0.0567. The lowest BCUT2D eigenvalue weighted by molar-refractivity contribution is 0.0593. The van der Waals surface area contributed by atoms with Crippen molar-refractivity contribution in [3.63, 3.8) is 0 Å². The summed E-state index contributed by atoms with van der Waals surface area (Å²) in [7, 11) is 1.30. The zero-order chi connectivity index (χ0) is 12.3. The molecule has 2 aromatic heterocycles. The molecular weight excluding hydrogens is 240 g/mol. The molecule has 0 saturated heterocycles. The van der Waals surface area contributed by atoms with Crippen LogP contribution in [0.1, 0.15) is 16.2 Å². The van der Waals surface area contributed by atoms with Gasteiger partial charge in [0.05, 0.1) is 25.2 Å². The molecule has 7 heteroatoms. The first-order chi connectivity index (χ1) is 8.19. The van der Waals surface area contributed by atoms with Crippen molar-refractivity contribution >= 4 is 28.3 Å². The number of thiazole rings is 1. The molecule has 17 heavy (non-hydrogen) atoms. The van der Waals surface area contributed by atoms with E-state index in [9.17, 15) is 4.79 Å². The summed E-state index contributed by atoms with van der Waals surface area (Å²) in [6.45, 7) is 1.90. The Labute approximate surface area is 102 Å². The highest BCUT2D eigenvalue weighted by molar-refractivity contribution is 7.13. The Kier molecular flexibility index (Phi) is 3.29. The second-order valence-electron chi connectivity index (χ2n) is 3.20. The molecule has 88 valence electrons. The van der Waals surface area contributed by atoms with Crippen molar-refractivity contribution in [2.24, 2.45) is 0 Å². The molecule has 0 atom stereocenters. The molecule has 2 heterocycles. The summed E-state index contributed by atoms with van der Waals surface area (Å²) >= 11 is 1.46. The first-order valence-electron chi connectivity index (χ1n) is 4.78. The number of carbonyl (C=O) groups is 1. The monoisotopic (exact) mass is 250 g/mol. The fourth-order valence-electron chi connectivity index (χ4n) is 1.15. The van der Waals surface area contributed by atoms with Crippen LogP contribution in [0.15, 0.2) is 17.8 Å². The molecule has 0 unspecified atom stereocenters. The highest BCUT2D eigenvalue weighted by atomic mass is 32.1. The van der Waals surface area contributed by atoms with Crippen molar-refractivity contribution in [1.82, 2.24) is 15.0 Å². The fraction of sp³-hybridized carbons (Fsp3) is 0.200. The number of aromatic nitrogens is 3. The van der Waals surface area contributed by atoms with Crippen molar-refractivity contribution < 1.29 is 9.53 Å². The van der Waals surface area contributed by atoms with Crippen LogP contribution in [-0.2, 0) is 4.74 Å². The SMILES string of the molecule is COC(=O)c1cncc(Nc2nc(C)cs2)n1. The summed E-state index contributed by atoms with van der Waals surface area (Å²) in [4.78, 5) is 23.5. The van der Waals surface area contributed by atoms with Gasteiger partial charge in [0.2, 0.25) is 0 Å². The molecule has 0 aliphatic rings. The van der Waals surface area contributed by atoms with Crippen LogP contribution in [0.4, 0.5) is 10.9 Å². The number of aryl methyl sites for hydroxylation is 1. The number of anilines is 2. The summed E-state index contributed by atoms with van der Waals surface area (Å²) < 4.78 is 4.56. The topological polar surface area (TPSA) is 77.0 Å². The first-order valence-corrected chi connectivity index (χ1v) is 5.66. The first kappa shape index (κ1) is 11.5. The second-order valence-corrected chi connectivity index (χ2v) is 4.06. The lowest BCUT2D eigenvalue weighted by Crippen LogP contribution is -2.06. The second kappa shape index (κ2) is 4.88. The van der Waals surface area contributed by atoms with Crippen LogP contribution < -0.4 is 5.32 Å². The number of carbonyl (C=O) groups excluding carboxylic acids is 1. The van der Waals surface area contributed by atoms with Gasteiger partial charge in [0, 0.05) is 5.38 Å². The van der Waals surface area contributed by atoms with Gasteiger partial charge in [-0.05, 0) is 6.92 Å². The normalized spacial score (nSPS) is 10.0. The van der Waals surface area contributed by atoms with E-state index in [0.29, 0.717) is 10.9 Å². The van der Waals surface area contributed by atoms with E-state index in [4.69, 9.17) is 0 Å². The van der Waals surface area contributed by atoms with Crippen LogP contribution in [0.3, 0.4) is 0 Å². The molecule has 0 amide bonds. The van der Waals surface area contributed by atoms with Crippen molar-refractivity contribution in [3.8, 4) is 0 Å². The van der Waals surface area contributed by atoms with Crippen molar-refractivity contribution in [2.45, 2.75) is 6.92 Å². The minimum atomic E-state index is -0.517. The van der Waals surface area contributed by atoms with E-state index in [1.807, 2.05) is 12.3 Å². The number of rotatable bonds is 3. The standard InChI is InChI=1S/C10H10N4O2S/c1-6-5-17-10(12-6)14-8-4-11-3-7(13-8)9(15)16-2/h3-5H,1-2H3,(H,12,13,14). The molecule has 2 aromatic rings. The van der Waals surface area contributed by atoms with E-state index in [-0.39, 0.29) is 5.69 Å². The minimum absolute atomic E-state index is 0.158. The molecule has 0 bridgehead atoms. The zero-order valence-corrected chi connectivity index (χ0v) is 10.1. The molecule has 2 rings (SSSR count). The van der Waals surface area contributed by atoms with E-state index in [1.54, 1.807) is 0 Å². The number of ether oxygens (including phenoxy) is 1. The summed E-state index contributed by atoms with van der Waals surface area (Å²) in [6, 6.07) is 0. The van der Waals surface area contributed by atoms with Gasteiger partial charge in [-0.2, -0.15) is 0 Å². The van der Waals surface area contributed by atoms with Gasteiger partial charge in [-0.25, -0.2) is 14.8 Å². The smallest absolute Gasteiger partial charge is 0.358 e. The Morgan fingerprint density at radius 1 is 1.41 bits per heavy atom. The van der Waals surface area contributed by atoms with E-state index < -0.39 is 5.97 Å². The van der Waals surface area contributed by atoms with Gasteiger partial charge >= 0.3 is 5.97 Å². The molecule has 0 aromatic carbocycles. The van der Waals surface area contributed by atoms with Crippen LogP contribution in [0, 0.1) is 6.92 Å². The minimum Gasteiger partial charge on any atom is -0.464 e. The van der Waals surface area contributed by atoms with E-state index in [2.05, 4.69) is 25.0 Å². The van der Waals surface area contributed by atoms with Gasteiger partial charge in [-0.1, -0.05) is 0 Å². The Morgan fingerprint density at radius 3 is 2.88 bits per heavy atom. The summed E-state index contributed by atoms with van der Waals surface area (Å²) in [5.41, 5.74) is 1.08. The predicted octanol–water partition coefficient (Wildman–Crippen LogP) is 1.77. The number of hydrogen-bond acceptors (Lipinski definition) is 7. The van der Waals surface area contributed by atoms with Crippen LogP contribution >= 0.6 is 11.3 Å². The number of nitrogens with one attached hydrogen (secondary N) is 1. The van der Waals surface area contributed by atoms with Crippen molar-refractivity contribution in [1.29, 1.82) is 0 Å². The lowest BCUT2D eigenvalue weighted by Gasteiger charge is -2.02. The maximum absolute atomic E-state index is 11.3. The average Bonchev–Trinajstić information content (AvgIpc) is 2.74. The number of methoxy groups -OCH3 is 1. The molecule has 0 fully saturated rings. The maximum atomic E-state index is 11.3. The third-order valence-electron chi connectivity index (χ3n) is 1.88.